The molecule has 0 aliphatic carbocycles. The Morgan fingerprint density at radius 3 is 2.13 bits per heavy atom. The number of nitrogens with zero attached hydrogens (tertiary/aromatic N) is 1. The van der Waals surface area contributed by atoms with Crippen molar-refractivity contribution in [2.75, 3.05) is 20.7 Å². The Balaban J connectivity index is 3.04. The Morgan fingerprint density at radius 1 is 1.10 bits per heavy atom. The summed E-state index contributed by atoms with van der Waals surface area (Å²) < 4.78 is 20.7. The number of rotatable bonds is 9. The third kappa shape index (κ3) is 8.40. The van der Waals surface area contributed by atoms with Gasteiger partial charge >= 0.3 is 17.9 Å². The average molecular weight is 448 g/mol. The van der Waals surface area contributed by atoms with Crippen molar-refractivity contribution in [1.29, 1.82) is 0 Å². The summed E-state index contributed by atoms with van der Waals surface area (Å²) in [6.45, 7) is 4.68. The summed E-state index contributed by atoms with van der Waals surface area (Å²) in [7, 11) is 3.31. The molecule has 178 valence electrons. The summed E-state index contributed by atoms with van der Waals surface area (Å²) in [5.74, 6) is -2.89. The van der Waals surface area contributed by atoms with Crippen LogP contribution in [-0.4, -0.2) is 102 Å². The molecule has 0 aromatic rings. The number of esters is 3. The zero-order valence-corrected chi connectivity index (χ0v) is 18.6. The van der Waals surface area contributed by atoms with Gasteiger partial charge in [-0.3, -0.25) is 19.2 Å². The number of ether oxygens (including phenoxy) is 4. The minimum atomic E-state index is -1.57. The summed E-state index contributed by atoms with van der Waals surface area (Å²) in [4.78, 5) is 48.8. The van der Waals surface area contributed by atoms with E-state index in [0.717, 1.165) is 20.8 Å². The van der Waals surface area contributed by atoms with E-state index >= 15 is 0 Å². The molecule has 0 aromatic carbocycles. The zero-order valence-electron chi connectivity index (χ0n) is 18.6. The van der Waals surface area contributed by atoms with Crippen molar-refractivity contribution in [1.82, 2.24) is 10.2 Å². The van der Waals surface area contributed by atoms with Crippen molar-refractivity contribution in [3.05, 3.63) is 0 Å². The van der Waals surface area contributed by atoms with Gasteiger partial charge in [0.15, 0.2) is 24.5 Å². The lowest BCUT2D eigenvalue weighted by Crippen LogP contribution is -2.63. The molecule has 0 radical (unpaired) electrons. The predicted octanol–water partition coefficient (Wildman–Crippen LogP) is -1.68. The first kappa shape index (κ1) is 26.8. The molecule has 1 aliphatic heterocycles. The van der Waals surface area contributed by atoms with Gasteiger partial charge in [0.25, 0.3) is 5.91 Å². The number of likely N-dealkylation sites (N-methyl/N-ethyl adjacent to an activating group) is 1. The van der Waals surface area contributed by atoms with Crippen LogP contribution in [0.5, 0.6) is 0 Å². The van der Waals surface area contributed by atoms with E-state index in [0.29, 0.717) is 0 Å². The molecular formula is C19H32N2O10. The molecule has 1 fully saturated rings. The fourth-order valence-electron chi connectivity index (χ4n) is 3.23. The summed E-state index contributed by atoms with van der Waals surface area (Å²) in [6.07, 6.45) is -7.25. The van der Waals surface area contributed by atoms with Gasteiger partial charge < -0.3 is 39.4 Å². The van der Waals surface area contributed by atoms with Gasteiger partial charge in [-0.05, 0) is 27.4 Å². The minimum Gasteiger partial charge on any atom is -0.456 e. The smallest absolute Gasteiger partial charge is 0.303 e. The topological polar surface area (TPSA) is 161 Å². The summed E-state index contributed by atoms with van der Waals surface area (Å²) in [6, 6.07) is -0.678. The van der Waals surface area contributed by atoms with Crippen LogP contribution in [0.4, 0.5) is 0 Å². The Kier molecular flexibility index (Phi) is 10.3. The van der Waals surface area contributed by atoms with Crippen molar-refractivity contribution in [3.8, 4) is 0 Å². The van der Waals surface area contributed by atoms with Gasteiger partial charge in [-0.1, -0.05) is 0 Å². The molecule has 1 rings (SSSR count). The van der Waals surface area contributed by atoms with E-state index in [1.54, 1.807) is 19.0 Å². The minimum absolute atomic E-state index is 0.122. The van der Waals surface area contributed by atoms with Gasteiger partial charge in [0.1, 0.15) is 6.10 Å². The van der Waals surface area contributed by atoms with Crippen molar-refractivity contribution >= 4 is 23.8 Å². The fourth-order valence-corrected chi connectivity index (χ4v) is 3.23. The largest absolute Gasteiger partial charge is 0.456 e. The quantitative estimate of drug-likeness (QED) is 0.273. The summed E-state index contributed by atoms with van der Waals surface area (Å²) in [5.41, 5.74) is 0. The van der Waals surface area contributed by atoms with E-state index in [9.17, 15) is 29.4 Å². The second-order valence-electron chi connectivity index (χ2n) is 7.62. The molecule has 0 saturated carbocycles. The van der Waals surface area contributed by atoms with Crippen LogP contribution < -0.4 is 5.32 Å². The van der Waals surface area contributed by atoms with Gasteiger partial charge in [0.05, 0.1) is 18.8 Å². The van der Waals surface area contributed by atoms with Crippen molar-refractivity contribution in [2.45, 2.75) is 76.9 Å². The molecule has 7 atom stereocenters. The molecule has 12 nitrogen and oxygen atoms in total. The SMILES string of the molecule is CC(=O)O[C@@H]1[C@H](O)[C@H](NC(=O)[C@H](OC(C)=O)[C@H](C[C@@H](C)O)N(C)C)OC[C@H]1OC(C)=O. The van der Waals surface area contributed by atoms with Crippen molar-refractivity contribution < 1.29 is 48.3 Å². The number of hydrogen-bond acceptors (Lipinski definition) is 11. The number of carbonyl (C=O) groups excluding carboxylic acids is 4. The number of aliphatic hydroxyl groups is 2. The van der Waals surface area contributed by atoms with Crippen LogP contribution in [0, 0.1) is 0 Å². The van der Waals surface area contributed by atoms with Crippen LogP contribution in [0.25, 0.3) is 0 Å². The molecule has 0 bridgehead atoms. The highest BCUT2D eigenvalue weighted by Crippen LogP contribution is 2.21. The maximum Gasteiger partial charge on any atom is 0.303 e. The second-order valence-corrected chi connectivity index (χ2v) is 7.62. The van der Waals surface area contributed by atoms with Crippen LogP contribution in [-0.2, 0) is 38.1 Å². The Bertz CT molecular complexity index is 654. The second kappa shape index (κ2) is 11.9. The van der Waals surface area contributed by atoms with E-state index in [1.165, 1.54) is 6.92 Å². The number of carbonyl (C=O) groups is 4. The number of hydrogen-bond donors (Lipinski definition) is 3. The van der Waals surface area contributed by atoms with Gasteiger partial charge in [-0.25, -0.2) is 0 Å². The standard InChI is InChI=1S/C19H32N2O10/c1-9(22)7-13(21(5)6)16(30-11(3)24)18(27)20-19-15(26)17(31-12(4)25)14(8-28-19)29-10(2)23/h9,13-17,19,22,26H,7-8H2,1-6H3,(H,20,27)/t9-,13+,14-,15+,16-,17+,19-/m1/s1. The molecule has 1 amide bonds. The highest BCUT2D eigenvalue weighted by Gasteiger charge is 2.45. The molecule has 0 spiro atoms. The molecule has 0 unspecified atom stereocenters. The number of nitrogens with one attached hydrogen (secondary N) is 1. The molecule has 12 heteroatoms. The first-order chi connectivity index (χ1) is 14.3. The molecule has 0 aromatic heterocycles. The molecule has 31 heavy (non-hydrogen) atoms. The first-order valence-electron chi connectivity index (χ1n) is 9.79. The Labute approximate surface area is 180 Å². The summed E-state index contributed by atoms with van der Waals surface area (Å²) >= 11 is 0. The summed E-state index contributed by atoms with van der Waals surface area (Å²) in [5, 5.41) is 22.8. The third-order valence-electron chi connectivity index (χ3n) is 4.50. The zero-order chi connectivity index (χ0) is 23.9. The Morgan fingerprint density at radius 2 is 1.68 bits per heavy atom. The monoisotopic (exact) mass is 448 g/mol. The van der Waals surface area contributed by atoms with Gasteiger partial charge in [-0.2, -0.15) is 0 Å². The fraction of sp³-hybridized carbons (Fsp3) is 0.789. The van der Waals surface area contributed by atoms with E-state index in [1.807, 2.05) is 0 Å². The van der Waals surface area contributed by atoms with Crippen molar-refractivity contribution in [3.63, 3.8) is 0 Å². The first-order valence-corrected chi connectivity index (χ1v) is 9.79. The van der Waals surface area contributed by atoms with E-state index < -0.39 is 66.6 Å². The number of aliphatic hydroxyl groups excluding tert-OH is 2. The average Bonchev–Trinajstić information content (AvgIpc) is 2.62. The van der Waals surface area contributed by atoms with E-state index in [2.05, 4.69) is 5.32 Å². The molecule has 1 heterocycles. The van der Waals surface area contributed by atoms with Crippen LogP contribution in [0.1, 0.15) is 34.1 Å². The predicted molar refractivity (Wildman–Crippen MR) is 104 cm³/mol. The molecule has 3 N–H and O–H groups in total. The van der Waals surface area contributed by atoms with Gasteiger partial charge in [-0.15, -0.1) is 0 Å². The normalized spacial score (nSPS) is 26.4. The highest BCUT2D eigenvalue weighted by atomic mass is 16.6. The van der Waals surface area contributed by atoms with Crippen LogP contribution in [0.3, 0.4) is 0 Å². The number of amides is 1. The third-order valence-corrected chi connectivity index (χ3v) is 4.50. The van der Waals surface area contributed by atoms with Crippen LogP contribution in [0.2, 0.25) is 0 Å². The molecule has 1 aliphatic rings. The van der Waals surface area contributed by atoms with Gasteiger partial charge in [0.2, 0.25) is 0 Å². The van der Waals surface area contributed by atoms with E-state index in [4.69, 9.17) is 18.9 Å². The van der Waals surface area contributed by atoms with Gasteiger partial charge in [0, 0.05) is 20.8 Å². The highest BCUT2D eigenvalue weighted by molar-refractivity contribution is 5.84. The van der Waals surface area contributed by atoms with Crippen molar-refractivity contribution in [2.24, 2.45) is 0 Å². The maximum absolute atomic E-state index is 12.9. The van der Waals surface area contributed by atoms with E-state index in [-0.39, 0.29) is 13.0 Å². The lowest BCUT2D eigenvalue weighted by molar-refractivity contribution is -0.222. The lowest BCUT2D eigenvalue weighted by Gasteiger charge is -2.39. The molecule has 1 saturated heterocycles. The molecular weight excluding hydrogens is 416 g/mol. The van der Waals surface area contributed by atoms with Crippen LogP contribution in [0.15, 0.2) is 0 Å². The lowest BCUT2D eigenvalue weighted by atomic mass is 10.0. The maximum atomic E-state index is 12.9. The Hall–Kier alpha value is -2.28. The van der Waals surface area contributed by atoms with Crippen LogP contribution >= 0.6 is 0 Å².